The fourth-order valence-electron chi connectivity index (χ4n) is 2.41. The minimum Gasteiger partial charge on any atom is -0.332 e. The fraction of sp³-hybridized carbons (Fsp3) is 0.583. The van der Waals surface area contributed by atoms with Gasteiger partial charge in [-0.2, -0.15) is 0 Å². The zero-order valence-corrected chi connectivity index (χ0v) is 10.1. The van der Waals surface area contributed by atoms with Gasteiger partial charge in [0.2, 0.25) is 0 Å². The number of nitrogens with zero attached hydrogens (tertiary/aromatic N) is 2. The Hall–Kier alpha value is -1.65. The number of carbonyl (C=O) groups is 1. The van der Waals surface area contributed by atoms with Crippen LogP contribution in [0, 0.1) is 0 Å². The highest BCUT2D eigenvalue weighted by molar-refractivity contribution is 5.92. The summed E-state index contributed by atoms with van der Waals surface area (Å²) in [6, 6.07) is 0.472. The highest BCUT2D eigenvalue weighted by Crippen LogP contribution is 2.23. The summed E-state index contributed by atoms with van der Waals surface area (Å²) in [6.07, 6.45) is 5.75. The maximum atomic E-state index is 12.3. The number of nitrogens with one attached hydrogen (secondary N) is 1. The molecule has 1 amide bonds. The Balaban J connectivity index is 2.23. The number of rotatable bonds is 1. The molecule has 92 valence electrons. The number of hydrogen-bond acceptors (Lipinski definition) is 3. The van der Waals surface area contributed by atoms with Gasteiger partial charge in [0.05, 0.1) is 6.20 Å². The first-order chi connectivity index (χ1) is 8.09. The molecule has 2 atom stereocenters. The van der Waals surface area contributed by atoms with E-state index >= 15 is 0 Å². The molecule has 1 N–H and O–H groups in total. The standard InChI is InChI=1S/C12H17N3O2/c1-8-4-3-5-9(2)15(8)12(17)10-6-14-11(16)7-13-10/h6-9H,3-5H2,1-2H3,(H,14,16). The quantitative estimate of drug-likeness (QED) is 0.794. The van der Waals surface area contributed by atoms with E-state index in [2.05, 4.69) is 23.8 Å². The number of aromatic amines is 1. The van der Waals surface area contributed by atoms with Gasteiger partial charge in [0, 0.05) is 18.3 Å². The van der Waals surface area contributed by atoms with Crippen LogP contribution in [0.1, 0.15) is 43.6 Å². The second-order valence-corrected chi connectivity index (χ2v) is 4.64. The lowest BCUT2D eigenvalue weighted by molar-refractivity contribution is 0.0504. The second kappa shape index (κ2) is 4.69. The number of H-pyrrole nitrogens is 1. The van der Waals surface area contributed by atoms with Crippen molar-refractivity contribution in [2.24, 2.45) is 0 Å². The molecule has 17 heavy (non-hydrogen) atoms. The topological polar surface area (TPSA) is 66.1 Å². The maximum Gasteiger partial charge on any atom is 0.274 e. The third kappa shape index (κ3) is 2.38. The molecule has 0 aromatic carbocycles. The molecule has 0 bridgehead atoms. The lowest BCUT2D eigenvalue weighted by Gasteiger charge is -2.38. The van der Waals surface area contributed by atoms with Gasteiger partial charge < -0.3 is 9.88 Å². The average molecular weight is 235 g/mol. The summed E-state index contributed by atoms with van der Waals surface area (Å²) in [5.74, 6) is -0.0963. The van der Waals surface area contributed by atoms with Crippen LogP contribution in [-0.2, 0) is 0 Å². The summed E-state index contributed by atoms with van der Waals surface area (Å²) in [7, 11) is 0. The van der Waals surface area contributed by atoms with Crippen molar-refractivity contribution in [3.63, 3.8) is 0 Å². The number of likely N-dealkylation sites (tertiary alicyclic amines) is 1. The third-order valence-electron chi connectivity index (χ3n) is 3.32. The Kier molecular flexibility index (Phi) is 3.26. The summed E-state index contributed by atoms with van der Waals surface area (Å²) in [5, 5.41) is 0. The molecule has 1 aromatic rings. The predicted octanol–water partition coefficient (Wildman–Crippen LogP) is 1.17. The van der Waals surface area contributed by atoms with E-state index in [0.717, 1.165) is 25.5 Å². The zero-order valence-electron chi connectivity index (χ0n) is 10.1. The van der Waals surface area contributed by atoms with Crippen molar-refractivity contribution in [1.29, 1.82) is 0 Å². The minimum atomic E-state index is -0.290. The average Bonchev–Trinajstić information content (AvgIpc) is 2.29. The first-order valence-corrected chi connectivity index (χ1v) is 5.97. The lowest BCUT2D eigenvalue weighted by atomic mass is 9.97. The molecule has 1 aliphatic heterocycles. The van der Waals surface area contributed by atoms with Gasteiger partial charge in [-0.05, 0) is 33.1 Å². The van der Waals surface area contributed by atoms with E-state index in [4.69, 9.17) is 0 Å². The van der Waals surface area contributed by atoms with Crippen molar-refractivity contribution in [1.82, 2.24) is 14.9 Å². The smallest absolute Gasteiger partial charge is 0.274 e. The van der Waals surface area contributed by atoms with Gasteiger partial charge in [0.1, 0.15) is 5.69 Å². The van der Waals surface area contributed by atoms with Crippen LogP contribution in [0.3, 0.4) is 0 Å². The van der Waals surface area contributed by atoms with E-state index in [9.17, 15) is 9.59 Å². The number of aromatic nitrogens is 2. The Bertz CT molecular complexity index is 439. The Morgan fingerprint density at radius 2 is 2.06 bits per heavy atom. The van der Waals surface area contributed by atoms with Crippen molar-refractivity contribution >= 4 is 5.91 Å². The first-order valence-electron chi connectivity index (χ1n) is 5.97. The normalized spacial score (nSPS) is 24.7. The lowest BCUT2D eigenvalue weighted by Crippen LogP contribution is -2.47. The maximum absolute atomic E-state index is 12.3. The molecule has 5 nitrogen and oxygen atoms in total. The van der Waals surface area contributed by atoms with Crippen LogP contribution in [0.4, 0.5) is 0 Å². The van der Waals surface area contributed by atoms with Gasteiger partial charge in [-0.3, -0.25) is 9.59 Å². The van der Waals surface area contributed by atoms with Gasteiger partial charge in [0.25, 0.3) is 11.5 Å². The number of piperidine rings is 1. The molecular weight excluding hydrogens is 218 g/mol. The highest BCUT2D eigenvalue weighted by atomic mass is 16.2. The molecule has 1 aliphatic rings. The number of carbonyl (C=O) groups excluding carboxylic acids is 1. The molecule has 0 saturated carbocycles. The Morgan fingerprint density at radius 3 is 2.59 bits per heavy atom. The van der Waals surface area contributed by atoms with Crippen molar-refractivity contribution in [2.75, 3.05) is 0 Å². The molecular formula is C12H17N3O2. The molecule has 1 aromatic heterocycles. The number of amides is 1. The summed E-state index contributed by atoms with van der Waals surface area (Å²) in [4.78, 5) is 31.4. The summed E-state index contributed by atoms with van der Waals surface area (Å²) >= 11 is 0. The minimum absolute atomic E-state index is 0.0963. The van der Waals surface area contributed by atoms with E-state index in [1.807, 2.05) is 4.90 Å². The number of hydrogen-bond donors (Lipinski definition) is 1. The van der Waals surface area contributed by atoms with Crippen LogP contribution < -0.4 is 5.56 Å². The van der Waals surface area contributed by atoms with E-state index in [0.29, 0.717) is 5.69 Å². The van der Waals surface area contributed by atoms with E-state index in [-0.39, 0.29) is 23.6 Å². The molecule has 0 spiro atoms. The molecule has 0 radical (unpaired) electrons. The fourth-order valence-corrected chi connectivity index (χ4v) is 2.41. The highest BCUT2D eigenvalue weighted by Gasteiger charge is 2.30. The molecule has 1 saturated heterocycles. The monoisotopic (exact) mass is 235 g/mol. The van der Waals surface area contributed by atoms with Crippen molar-refractivity contribution < 1.29 is 4.79 Å². The first kappa shape index (κ1) is 11.8. The van der Waals surface area contributed by atoms with Crippen LogP contribution in [0.2, 0.25) is 0 Å². The van der Waals surface area contributed by atoms with Gasteiger partial charge in [-0.1, -0.05) is 0 Å². The van der Waals surface area contributed by atoms with Crippen LogP contribution in [0.15, 0.2) is 17.2 Å². The van der Waals surface area contributed by atoms with Gasteiger partial charge in [-0.25, -0.2) is 4.98 Å². The van der Waals surface area contributed by atoms with Crippen molar-refractivity contribution in [3.05, 3.63) is 28.4 Å². The van der Waals surface area contributed by atoms with Gasteiger partial charge >= 0.3 is 0 Å². The van der Waals surface area contributed by atoms with E-state index in [1.54, 1.807) is 0 Å². The van der Waals surface area contributed by atoms with Gasteiger partial charge in [-0.15, -0.1) is 0 Å². The summed E-state index contributed by atoms with van der Waals surface area (Å²) in [5.41, 5.74) is 0.0199. The Morgan fingerprint density at radius 1 is 1.41 bits per heavy atom. The van der Waals surface area contributed by atoms with Crippen LogP contribution >= 0.6 is 0 Å². The molecule has 2 unspecified atom stereocenters. The van der Waals surface area contributed by atoms with E-state index in [1.165, 1.54) is 6.20 Å². The second-order valence-electron chi connectivity index (χ2n) is 4.64. The molecule has 2 heterocycles. The van der Waals surface area contributed by atoms with Crippen molar-refractivity contribution in [2.45, 2.75) is 45.2 Å². The van der Waals surface area contributed by atoms with E-state index < -0.39 is 0 Å². The van der Waals surface area contributed by atoms with Crippen LogP contribution in [-0.4, -0.2) is 32.9 Å². The van der Waals surface area contributed by atoms with Gasteiger partial charge in [0.15, 0.2) is 0 Å². The summed E-state index contributed by atoms with van der Waals surface area (Å²) in [6.45, 7) is 4.11. The van der Waals surface area contributed by atoms with Crippen LogP contribution in [0.5, 0.6) is 0 Å². The third-order valence-corrected chi connectivity index (χ3v) is 3.32. The molecule has 2 rings (SSSR count). The summed E-state index contributed by atoms with van der Waals surface area (Å²) < 4.78 is 0. The zero-order chi connectivity index (χ0) is 12.4. The predicted molar refractivity (Wildman–Crippen MR) is 63.8 cm³/mol. The Labute approximate surface area is 99.9 Å². The SMILES string of the molecule is CC1CCCC(C)N1C(=O)c1c[nH]c(=O)cn1. The molecule has 5 heteroatoms. The molecule has 0 aliphatic carbocycles. The molecule has 1 fully saturated rings. The van der Waals surface area contributed by atoms with Crippen molar-refractivity contribution in [3.8, 4) is 0 Å². The van der Waals surface area contributed by atoms with Crippen LogP contribution in [0.25, 0.3) is 0 Å². The largest absolute Gasteiger partial charge is 0.332 e.